The Labute approximate surface area is 144 Å². The minimum atomic E-state index is -0.704. The quantitative estimate of drug-likeness (QED) is 0.750. The SMILES string of the molecule is CC(NC(=O)c1ccc2c(=O)ccoc2c1)C(O)Cc1ccccc1. The van der Waals surface area contributed by atoms with Crippen LogP contribution in [0.5, 0.6) is 0 Å². The first-order valence-electron chi connectivity index (χ1n) is 8.09. The van der Waals surface area contributed by atoms with Crippen LogP contribution in [0.2, 0.25) is 0 Å². The first kappa shape index (κ1) is 16.9. The summed E-state index contributed by atoms with van der Waals surface area (Å²) in [4.78, 5) is 24.1. The monoisotopic (exact) mass is 337 g/mol. The van der Waals surface area contributed by atoms with Crippen molar-refractivity contribution >= 4 is 16.9 Å². The molecule has 0 aliphatic rings. The zero-order valence-electron chi connectivity index (χ0n) is 13.8. The van der Waals surface area contributed by atoms with Gasteiger partial charge >= 0.3 is 0 Å². The second kappa shape index (κ2) is 7.32. The number of carbonyl (C=O) groups excluding carboxylic acids is 1. The molecule has 0 spiro atoms. The highest BCUT2D eigenvalue weighted by molar-refractivity contribution is 5.97. The normalized spacial score (nSPS) is 13.4. The fourth-order valence-electron chi connectivity index (χ4n) is 2.64. The highest BCUT2D eigenvalue weighted by Gasteiger charge is 2.18. The maximum absolute atomic E-state index is 12.4. The molecular formula is C20H19NO4. The molecule has 0 fully saturated rings. The van der Waals surface area contributed by atoms with Gasteiger partial charge in [0.2, 0.25) is 0 Å². The van der Waals surface area contributed by atoms with E-state index in [4.69, 9.17) is 4.42 Å². The summed E-state index contributed by atoms with van der Waals surface area (Å²) in [7, 11) is 0. The molecule has 0 bridgehead atoms. The lowest BCUT2D eigenvalue weighted by atomic mass is 10.0. The van der Waals surface area contributed by atoms with Crippen molar-refractivity contribution in [3.8, 4) is 0 Å². The molecule has 0 saturated carbocycles. The summed E-state index contributed by atoms with van der Waals surface area (Å²) in [5.41, 5.74) is 1.58. The zero-order valence-corrected chi connectivity index (χ0v) is 13.8. The van der Waals surface area contributed by atoms with Gasteiger partial charge in [-0.1, -0.05) is 30.3 Å². The van der Waals surface area contributed by atoms with Gasteiger partial charge in [-0.15, -0.1) is 0 Å². The largest absolute Gasteiger partial charge is 0.464 e. The predicted molar refractivity (Wildman–Crippen MR) is 95.6 cm³/mol. The molecule has 2 aromatic carbocycles. The van der Waals surface area contributed by atoms with Crippen LogP contribution in [0, 0.1) is 0 Å². The van der Waals surface area contributed by atoms with Crippen LogP contribution >= 0.6 is 0 Å². The smallest absolute Gasteiger partial charge is 0.251 e. The second-order valence-electron chi connectivity index (χ2n) is 6.01. The van der Waals surface area contributed by atoms with E-state index in [1.165, 1.54) is 18.4 Å². The van der Waals surface area contributed by atoms with Crippen LogP contribution in [0.15, 0.2) is 70.1 Å². The molecule has 1 heterocycles. The van der Waals surface area contributed by atoms with Gasteiger partial charge in [-0.2, -0.15) is 0 Å². The van der Waals surface area contributed by atoms with E-state index in [-0.39, 0.29) is 11.3 Å². The third-order valence-electron chi connectivity index (χ3n) is 4.15. The Bertz CT molecular complexity index is 933. The van der Waals surface area contributed by atoms with Crippen LogP contribution in [0.25, 0.3) is 11.0 Å². The van der Waals surface area contributed by atoms with Crippen LogP contribution in [0.1, 0.15) is 22.8 Å². The Morgan fingerprint density at radius 3 is 2.68 bits per heavy atom. The van der Waals surface area contributed by atoms with Crippen molar-refractivity contribution in [2.24, 2.45) is 0 Å². The summed E-state index contributed by atoms with van der Waals surface area (Å²) >= 11 is 0. The average Bonchev–Trinajstić information content (AvgIpc) is 2.62. The van der Waals surface area contributed by atoms with Gasteiger partial charge in [0.15, 0.2) is 5.43 Å². The number of amides is 1. The van der Waals surface area contributed by atoms with E-state index in [2.05, 4.69) is 5.32 Å². The van der Waals surface area contributed by atoms with Crippen LogP contribution < -0.4 is 10.7 Å². The summed E-state index contributed by atoms with van der Waals surface area (Å²) in [6.07, 6.45) is 1.05. The van der Waals surface area contributed by atoms with Crippen LogP contribution in [0.4, 0.5) is 0 Å². The molecule has 2 atom stereocenters. The molecule has 3 aromatic rings. The Kier molecular flexibility index (Phi) is 4.95. The molecule has 1 aromatic heterocycles. The van der Waals surface area contributed by atoms with E-state index in [1.54, 1.807) is 19.1 Å². The van der Waals surface area contributed by atoms with Crippen LogP contribution in [-0.4, -0.2) is 23.2 Å². The van der Waals surface area contributed by atoms with E-state index in [0.29, 0.717) is 23.0 Å². The molecule has 0 radical (unpaired) electrons. The lowest BCUT2D eigenvalue weighted by Gasteiger charge is -2.20. The van der Waals surface area contributed by atoms with Gasteiger partial charge < -0.3 is 14.8 Å². The van der Waals surface area contributed by atoms with Crippen molar-refractivity contribution in [3.05, 3.63) is 82.2 Å². The number of aliphatic hydroxyl groups excluding tert-OH is 1. The topological polar surface area (TPSA) is 79.5 Å². The summed E-state index contributed by atoms with van der Waals surface area (Å²) < 4.78 is 5.29. The molecule has 3 rings (SSSR count). The molecule has 25 heavy (non-hydrogen) atoms. The van der Waals surface area contributed by atoms with Gasteiger partial charge in [0, 0.05) is 18.1 Å². The minimum absolute atomic E-state index is 0.153. The lowest BCUT2D eigenvalue weighted by molar-refractivity contribution is 0.0852. The molecule has 5 nitrogen and oxygen atoms in total. The molecular weight excluding hydrogens is 318 g/mol. The van der Waals surface area contributed by atoms with Gasteiger partial charge in [-0.05, 0) is 30.7 Å². The Morgan fingerprint density at radius 2 is 1.92 bits per heavy atom. The fraction of sp³-hybridized carbons (Fsp3) is 0.200. The van der Waals surface area contributed by atoms with E-state index in [9.17, 15) is 14.7 Å². The molecule has 2 unspecified atom stereocenters. The van der Waals surface area contributed by atoms with Crippen molar-refractivity contribution in [1.82, 2.24) is 5.32 Å². The second-order valence-corrected chi connectivity index (χ2v) is 6.01. The number of benzene rings is 2. The summed E-state index contributed by atoms with van der Waals surface area (Å²) in [5.74, 6) is -0.326. The van der Waals surface area contributed by atoms with Crippen molar-refractivity contribution < 1.29 is 14.3 Å². The van der Waals surface area contributed by atoms with Crippen LogP contribution in [-0.2, 0) is 6.42 Å². The lowest BCUT2D eigenvalue weighted by Crippen LogP contribution is -2.42. The standard InChI is InChI=1S/C20H19NO4/c1-13(18(23)11-14-5-3-2-4-6-14)21-20(24)15-7-8-16-17(22)9-10-25-19(16)12-15/h2-10,12-13,18,23H,11H2,1H3,(H,21,24). The average molecular weight is 337 g/mol. The first-order chi connectivity index (χ1) is 12.0. The van der Waals surface area contributed by atoms with E-state index in [0.717, 1.165) is 5.56 Å². The van der Waals surface area contributed by atoms with Gasteiger partial charge in [0.1, 0.15) is 5.58 Å². The molecule has 5 heteroatoms. The van der Waals surface area contributed by atoms with Gasteiger partial charge in [0.05, 0.1) is 23.8 Å². The van der Waals surface area contributed by atoms with E-state index in [1.807, 2.05) is 30.3 Å². The fourth-order valence-corrected chi connectivity index (χ4v) is 2.64. The maximum Gasteiger partial charge on any atom is 0.251 e. The number of fused-ring (bicyclic) bond motifs is 1. The third kappa shape index (κ3) is 3.95. The molecule has 0 aliphatic carbocycles. The van der Waals surface area contributed by atoms with Gasteiger partial charge in [0.25, 0.3) is 5.91 Å². The van der Waals surface area contributed by atoms with Crippen molar-refractivity contribution in [2.45, 2.75) is 25.5 Å². The zero-order chi connectivity index (χ0) is 17.8. The highest BCUT2D eigenvalue weighted by Crippen LogP contribution is 2.13. The minimum Gasteiger partial charge on any atom is -0.464 e. The number of nitrogens with one attached hydrogen (secondary N) is 1. The Morgan fingerprint density at radius 1 is 1.16 bits per heavy atom. The molecule has 2 N–H and O–H groups in total. The van der Waals surface area contributed by atoms with E-state index < -0.39 is 12.1 Å². The van der Waals surface area contributed by atoms with Crippen molar-refractivity contribution in [3.63, 3.8) is 0 Å². The number of hydrogen-bond donors (Lipinski definition) is 2. The Hall–Kier alpha value is -2.92. The molecule has 0 saturated heterocycles. The summed E-state index contributed by atoms with van der Waals surface area (Å²) in [6.45, 7) is 1.76. The number of hydrogen-bond acceptors (Lipinski definition) is 4. The number of rotatable bonds is 5. The summed E-state index contributed by atoms with van der Waals surface area (Å²) in [6, 6.07) is 15.2. The highest BCUT2D eigenvalue weighted by atomic mass is 16.3. The first-order valence-corrected chi connectivity index (χ1v) is 8.09. The Balaban J connectivity index is 1.70. The maximum atomic E-state index is 12.4. The predicted octanol–water partition coefficient (Wildman–Crippen LogP) is 2.51. The number of carbonyl (C=O) groups is 1. The molecule has 128 valence electrons. The molecule has 1 amide bonds. The molecule has 0 aliphatic heterocycles. The third-order valence-corrected chi connectivity index (χ3v) is 4.15. The van der Waals surface area contributed by atoms with Crippen molar-refractivity contribution in [1.29, 1.82) is 0 Å². The van der Waals surface area contributed by atoms with Gasteiger partial charge in [-0.25, -0.2) is 0 Å². The van der Waals surface area contributed by atoms with Crippen molar-refractivity contribution in [2.75, 3.05) is 0 Å². The van der Waals surface area contributed by atoms with Crippen LogP contribution in [0.3, 0.4) is 0 Å². The van der Waals surface area contributed by atoms with E-state index >= 15 is 0 Å². The number of aliphatic hydroxyl groups is 1. The summed E-state index contributed by atoms with van der Waals surface area (Å²) in [5, 5.41) is 13.5. The van der Waals surface area contributed by atoms with Gasteiger partial charge in [-0.3, -0.25) is 9.59 Å².